The van der Waals surface area contributed by atoms with Gasteiger partial charge >= 0.3 is 0 Å². The molecule has 0 heterocycles. The lowest BCUT2D eigenvalue weighted by molar-refractivity contribution is 0.0936. The molecule has 0 radical (unpaired) electrons. The summed E-state index contributed by atoms with van der Waals surface area (Å²) >= 11 is 2.99. The molecule has 0 aliphatic rings. The smallest absolute Gasteiger partial charge is 0.262 e. The molecule has 0 fully saturated rings. The molecule has 1 unspecified atom stereocenters. The van der Waals surface area contributed by atoms with Crippen molar-refractivity contribution in [3.8, 4) is 0 Å². The van der Waals surface area contributed by atoms with Crippen LogP contribution in [0.25, 0.3) is 0 Å². The number of carbonyl (C=O) groups is 1. The summed E-state index contributed by atoms with van der Waals surface area (Å²) in [6.07, 6.45) is 1.65. The Hall–Kier alpha value is -0.660. The molecular weight excluding hydrogens is 373 g/mol. The predicted molar refractivity (Wildman–Crippen MR) is 79.0 cm³/mol. The fourth-order valence-electron chi connectivity index (χ4n) is 1.71. The highest BCUT2D eigenvalue weighted by Crippen LogP contribution is 2.29. The Morgan fingerprint density at radius 1 is 1.50 bits per heavy atom. The first-order valence-electron chi connectivity index (χ1n) is 5.91. The minimum Gasteiger partial charge on any atom is -0.350 e. The van der Waals surface area contributed by atoms with Gasteiger partial charge in [0, 0.05) is 16.7 Å². The molecule has 0 saturated heterocycles. The standard InChI is InChI=1S/C12H14BrClFNO3S/c1-3-4-7(2)16-12(17)9-5-8(15)6-10(11(9)13)20(14,18)19/h5-7H,3-4H2,1-2H3,(H,16,17). The zero-order valence-corrected chi connectivity index (χ0v) is 14.1. The minimum atomic E-state index is -4.15. The topological polar surface area (TPSA) is 63.2 Å². The van der Waals surface area contributed by atoms with Crippen molar-refractivity contribution in [2.24, 2.45) is 0 Å². The fraction of sp³-hybridized carbons (Fsp3) is 0.417. The third kappa shape index (κ3) is 4.43. The third-order valence-electron chi connectivity index (χ3n) is 2.61. The maximum atomic E-state index is 13.5. The quantitative estimate of drug-likeness (QED) is 0.789. The van der Waals surface area contributed by atoms with Crippen LogP contribution in [0.5, 0.6) is 0 Å². The van der Waals surface area contributed by atoms with Crippen molar-refractivity contribution in [2.45, 2.75) is 37.6 Å². The van der Waals surface area contributed by atoms with Crippen LogP contribution in [0.15, 0.2) is 21.5 Å². The van der Waals surface area contributed by atoms with E-state index < -0.39 is 25.7 Å². The highest BCUT2D eigenvalue weighted by molar-refractivity contribution is 9.10. The second-order valence-corrected chi connectivity index (χ2v) is 7.69. The van der Waals surface area contributed by atoms with E-state index in [4.69, 9.17) is 10.7 Å². The lowest BCUT2D eigenvalue weighted by Gasteiger charge is -2.14. The van der Waals surface area contributed by atoms with Crippen molar-refractivity contribution >= 4 is 41.6 Å². The SMILES string of the molecule is CCCC(C)NC(=O)c1cc(F)cc(S(=O)(=O)Cl)c1Br. The first kappa shape index (κ1) is 17.4. The molecule has 1 N–H and O–H groups in total. The van der Waals surface area contributed by atoms with Crippen LogP contribution >= 0.6 is 26.6 Å². The molecule has 20 heavy (non-hydrogen) atoms. The van der Waals surface area contributed by atoms with Gasteiger partial charge in [-0.25, -0.2) is 12.8 Å². The van der Waals surface area contributed by atoms with Gasteiger partial charge in [0.15, 0.2) is 0 Å². The number of nitrogens with one attached hydrogen (secondary N) is 1. The average molecular weight is 387 g/mol. The number of carbonyl (C=O) groups excluding carboxylic acids is 1. The number of rotatable bonds is 5. The number of hydrogen-bond acceptors (Lipinski definition) is 3. The Morgan fingerprint density at radius 2 is 2.10 bits per heavy atom. The van der Waals surface area contributed by atoms with Gasteiger partial charge in [0.25, 0.3) is 15.0 Å². The summed E-state index contributed by atoms with van der Waals surface area (Å²) in [5.74, 6) is -1.40. The van der Waals surface area contributed by atoms with E-state index in [9.17, 15) is 17.6 Å². The van der Waals surface area contributed by atoms with Crippen LogP contribution in [0.1, 0.15) is 37.0 Å². The number of amides is 1. The number of halogens is 3. The summed E-state index contributed by atoms with van der Waals surface area (Å²) in [6.45, 7) is 3.78. The first-order chi connectivity index (χ1) is 9.16. The van der Waals surface area contributed by atoms with E-state index in [0.29, 0.717) is 0 Å². The molecule has 1 aromatic carbocycles. The molecule has 0 aliphatic carbocycles. The van der Waals surface area contributed by atoms with E-state index in [1.807, 2.05) is 13.8 Å². The number of hydrogen-bond donors (Lipinski definition) is 1. The Kier molecular flexibility index (Phi) is 5.97. The Bertz CT molecular complexity index is 621. The van der Waals surface area contributed by atoms with E-state index in [2.05, 4.69) is 21.2 Å². The van der Waals surface area contributed by atoms with Crippen molar-refractivity contribution in [1.82, 2.24) is 5.32 Å². The molecular formula is C12H14BrClFNO3S. The minimum absolute atomic E-state index is 0.0462. The summed E-state index contributed by atoms with van der Waals surface area (Å²) in [4.78, 5) is 11.6. The van der Waals surface area contributed by atoms with Gasteiger partial charge in [-0.15, -0.1) is 0 Å². The molecule has 8 heteroatoms. The van der Waals surface area contributed by atoms with Crippen LogP contribution in [-0.4, -0.2) is 20.4 Å². The summed E-state index contributed by atoms with van der Waals surface area (Å²) in [5, 5.41) is 2.67. The van der Waals surface area contributed by atoms with Gasteiger partial charge < -0.3 is 5.32 Å². The van der Waals surface area contributed by atoms with Crippen molar-refractivity contribution in [3.63, 3.8) is 0 Å². The van der Waals surface area contributed by atoms with Gasteiger partial charge in [-0.1, -0.05) is 13.3 Å². The van der Waals surface area contributed by atoms with Gasteiger partial charge in [0.1, 0.15) is 10.7 Å². The van der Waals surface area contributed by atoms with Crippen LogP contribution in [-0.2, 0) is 9.05 Å². The molecule has 1 atom stereocenters. The van der Waals surface area contributed by atoms with E-state index in [-0.39, 0.29) is 16.1 Å². The Labute approximate surface area is 130 Å². The molecule has 1 aromatic rings. The van der Waals surface area contributed by atoms with Crippen molar-refractivity contribution < 1.29 is 17.6 Å². The second kappa shape index (κ2) is 6.87. The maximum absolute atomic E-state index is 13.5. The summed E-state index contributed by atoms with van der Waals surface area (Å²) in [5.41, 5.74) is -0.104. The fourth-order valence-corrected chi connectivity index (χ4v) is 3.98. The molecule has 0 aliphatic heterocycles. The van der Waals surface area contributed by atoms with Gasteiger partial charge in [-0.2, -0.15) is 0 Å². The van der Waals surface area contributed by atoms with Gasteiger partial charge in [0.2, 0.25) is 0 Å². The second-order valence-electron chi connectivity index (χ2n) is 4.37. The van der Waals surface area contributed by atoms with Gasteiger partial charge in [0.05, 0.1) is 10.0 Å². The van der Waals surface area contributed by atoms with E-state index in [1.54, 1.807) is 0 Å². The molecule has 0 bridgehead atoms. The molecule has 112 valence electrons. The molecule has 1 amide bonds. The summed E-state index contributed by atoms with van der Waals surface area (Å²) < 4.78 is 36.1. The molecule has 4 nitrogen and oxygen atoms in total. The predicted octanol–water partition coefficient (Wildman–Crippen LogP) is 3.43. The summed E-state index contributed by atoms with van der Waals surface area (Å²) in [6, 6.07) is 1.63. The molecule has 0 aromatic heterocycles. The van der Waals surface area contributed by atoms with Crippen LogP contribution < -0.4 is 5.32 Å². The Morgan fingerprint density at radius 3 is 2.60 bits per heavy atom. The van der Waals surface area contributed by atoms with Gasteiger partial charge in [-0.3, -0.25) is 4.79 Å². The van der Waals surface area contributed by atoms with E-state index in [1.165, 1.54) is 0 Å². The Balaban J connectivity index is 3.19. The normalized spacial score (nSPS) is 13.1. The highest BCUT2D eigenvalue weighted by Gasteiger charge is 2.22. The lowest BCUT2D eigenvalue weighted by Crippen LogP contribution is -2.32. The van der Waals surface area contributed by atoms with Crippen molar-refractivity contribution in [2.75, 3.05) is 0 Å². The van der Waals surface area contributed by atoms with Crippen molar-refractivity contribution in [3.05, 3.63) is 28.0 Å². The highest BCUT2D eigenvalue weighted by atomic mass is 79.9. The van der Waals surface area contributed by atoms with Crippen LogP contribution in [0.2, 0.25) is 0 Å². The van der Waals surface area contributed by atoms with Gasteiger partial charge in [-0.05, 0) is 41.4 Å². The lowest BCUT2D eigenvalue weighted by atomic mass is 10.1. The van der Waals surface area contributed by atoms with E-state index in [0.717, 1.165) is 25.0 Å². The van der Waals surface area contributed by atoms with Crippen LogP contribution in [0.3, 0.4) is 0 Å². The first-order valence-corrected chi connectivity index (χ1v) is 9.01. The van der Waals surface area contributed by atoms with E-state index >= 15 is 0 Å². The van der Waals surface area contributed by atoms with Crippen LogP contribution in [0, 0.1) is 5.82 Å². The van der Waals surface area contributed by atoms with Crippen LogP contribution in [0.4, 0.5) is 4.39 Å². The molecule has 1 rings (SSSR count). The maximum Gasteiger partial charge on any atom is 0.262 e. The van der Waals surface area contributed by atoms with Crippen molar-refractivity contribution in [1.29, 1.82) is 0 Å². The largest absolute Gasteiger partial charge is 0.350 e. The monoisotopic (exact) mass is 385 g/mol. The zero-order valence-electron chi connectivity index (χ0n) is 10.9. The summed E-state index contributed by atoms with van der Waals surface area (Å²) in [7, 11) is 1.07. The zero-order chi connectivity index (χ0) is 15.5. The molecule has 0 saturated carbocycles. The molecule has 0 spiro atoms. The third-order valence-corrected chi connectivity index (χ3v) is 5.07. The average Bonchev–Trinajstić information content (AvgIpc) is 2.30. The number of benzene rings is 1.